The van der Waals surface area contributed by atoms with Gasteiger partial charge in [0.25, 0.3) is 5.88 Å². The van der Waals surface area contributed by atoms with Crippen LogP contribution in [0.25, 0.3) is 0 Å². The van der Waals surface area contributed by atoms with Crippen molar-refractivity contribution in [3.05, 3.63) is 71.7 Å². The Balaban J connectivity index is 1.84. The number of rotatable bonds is 4. The maximum absolute atomic E-state index is 13.9. The summed E-state index contributed by atoms with van der Waals surface area (Å²) in [4.78, 5) is 7.83. The second-order valence-electron chi connectivity index (χ2n) is 5.14. The molecule has 0 unspecified atom stereocenters. The normalized spacial score (nSPS) is 10.4. The summed E-state index contributed by atoms with van der Waals surface area (Å²) in [7, 11) is 0. The molecule has 0 radical (unpaired) electrons. The molecule has 23 heavy (non-hydrogen) atoms. The quantitative estimate of drug-likeness (QED) is 0.693. The molecule has 2 aromatic carbocycles. The Hall–Kier alpha value is -2.95. The highest BCUT2D eigenvalue weighted by molar-refractivity contribution is 5.32. The number of aryl methyl sites for hydroxylation is 2. The lowest BCUT2D eigenvalue weighted by molar-refractivity contribution is 0.386. The van der Waals surface area contributed by atoms with Crippen LogP contribution in [-0.4, -0.2) is 9.97 Å². The van der Waals surface area contributed by atoms with Crippen molar-refractivity contribution in [1.29, 1.82) is 0 Å². The van der Waals surface area contributed by atoms with Gasteiger partial charge in [-0.2, -0.15) is 9.37 Å². The average molecular weight is 310 g/mol. The van der Waals surface area contributed by atoms with Gasteiger partial charge >= 0.3 is 6.01 Å². The number of halogens is 1. The van der Waals surface area contributed by atoms with E-state index in [1.807, 2.05) is 44.2 Å². The first-order chi connectivity index (χ1) is 11.1. The largest absolute Gasteiger partial charge is 0.436 e. The van der Waals surface area contributed by atoms with Gasteiger partial charge in [0.2, 0.25) is 5.82 Å². The lowest BCUT2D eigenvalue weighted by Crippen LogP contribution is -1.98. The highest BCUT2D eigenvalue weighted by Gasteiger charge is 2.11. The van der Waals surface area contributed by atoms with E-state index < -0.39 is 5.82 Å². The smallest absolute Gasteiger partial charge is 0.325 e. The minimum absolute atomic E-state index is 0.0275. The number of ether oxygens (including phenoxy) is 2. The second kappa shape index (κ2) is 6.44. The zero-order chi connectivity index (χ0) is 16.2. The Bertz CT molecular complexity index is 837. The van der Waals surface area contributed by atoms with Crippen LogP contribution in [0.1, 0.15) is 11.1 Å². The summed E-state index contributed by atoms with van der Waals surface area (Å²) in [6, 6.07) is 14.7. The van der Waals surface area contributed by atoms with Crippen LogP contribution < -0.4 is 9.47 Å². The van der Waals surface area contributed by atoms with Crippen molar-refractivity contribution in [1.82, 2.24) is 9.97 Å². The molecule has 4 nitrogen and oxygen atoms in total. The number of hydrogen-bond donors (Lipinski definition) is 0. The molecule has 0 spiro atoms. The Morgan fingerprint density at radius 3 is 2.09 bits per heavy atom. The third kappa shape index (κ3) is 3.83. The molecule has 0 fully saturated rings. The van der Waals surface area contributed by atoms with E-state index in [4.69, 9.17) is 9.47 Å². The van der Waals surface area contributed by atoms with Crippen LogP contribution in [0.5, 0.6) is 23.4 Å². The maximum atomic E-state index is 13.9. The van der Waals surface area contributed by atoms with Crippen LogP contribution >= 0.6 is 0 Å². The Labute approximate surface area is 133 Å². The molecule has 1 heterocycles. The Morgan fingerprint density at radius 1 is 0.870 bits per heavy atom. The zero-order valence-corrected chi connectivity index (χ0v) is 12.8. The van der Waals surface area contributed by atoms with Crippen molar-refractivity contribution in [3.8, 4) is 23.4 Å². The molecule has 0 saturated heterocycles. The second-order valence-corrected chi connectivity index (χ2v) is 5.14. The van der Waals surface area contributed by atoms with Crippen molar-refractivity contribution in [2.45, 2.75) is 13.8 Å². The first kappa shape index (κ1) is 15.0. The molecule has 116 valence electrons. The summed E-state index contributed by atoms with van der Waals surface area (Å²) in [5.74, 6) is 0.263. The number of benzene rings is 2. The van der Waals surface area contributed by atoms with Gasteiger partial charge in [0, 0.05) is 0 Å². The van der Waals surface area contributed by atoms with E-state index >= 15 is 0 Å². The van der Waals surface area contributed by atoms with Gasteiger partial charge in [0.1, 0.15) is 11.5 Å². The molecule has 0 atom stereocenters. The fraction of sp³-hybridized carbons (Fsp3) is 0.111. The van der Waals surface area contributed by atoms with Crippen LogP contribution in [0.3, 0.4) is 0 Å². The fourth-order valence-corrected chi connectivity index (χ4v) is 2.03. The van der Waals surface area contributed by atoms with Crippen molar-refractivity contribution in [2.75, 3.05) is 0 Å². The predicted molar refractivity (Wildman–Crippen MR) is 84.5 cm³/mol. The molecule has 0 aliphatic carbocycles. The summed E-state index contributed by atoms with van der Waals surface area (Å²) in [5.41, 5.74) is 2.05. The topological polar surface area (TPSA) is 44.2 Å². The van der Waals surface area contributed by atoms with Crippen LogP contribution in [-0.2, 0) is 0 Å². The molecule has 3 rings (SSSR count). The predicted octanol–water partition coefficient (Wildman–Crippen LogP) is 4.82. The third-order valence-electron chi connectivity index (χ3n) is 3.09. The Kier molecular flexibility index (Phi) is 4.19. The van der Waals surface area contributed by atoms with Crippen molar-refractivity contribution in [2.24, 2.45) is 0 Å². The zero-order valence-electron chi connectivity index (χ0n) is 12.8. The molecular weight excluding hydrogens is 295 g/mol. The SMILES string of the molecule is Cc1cccc(Oc2ncc(F)c(Oc3cccc(C)c3)n2)c1. The fourth-order valence-electron chi connectivity index (χ4n) is 2.03. The standard InChI is InChI=1S/C18H15FN2O2/c1-12-5-3-7-14(9-12)22-17-16(19)11-20-18(21-17)23-15-8-4-6-13(2)10-15/h3-11H,1-2H3. The van der Waals surface area contributed by atoms with E-state index in [0.29, 0.717) is 11.5 Å². The molecule has 0 aliphatic heterocycles. The van der Waals surface area contributed by atoms with Gasteiger partial charge < -0.3 is 9.47 Å². The molecule has 0 aliphatic rings. The van der Waals surface area contributed by atoms with Gasteiger partial charge in [-0.3, -0.25) is 0 Å². The highest BCUT2D eigenvalue weighted by atomic mass is 19.1. The van der Waals surface area contributed by atoms with E-state index in [0.717, 1.165) is 17.3 Å². The van der Waals surface area contributed by atoms with E-state index in [9.17, 15) is 4.39 Å². The lowest BCUT2D eigenvalue weighted by atomic mass is 10.2. The van der Waals surface area contributed by atoms with Gasteiger partial charge in [-0.15, -0.1) is 0 Å². The highest BCUT2D eigenvalue weighted by Crippen LogP contribution is 2.26. The van der Waals surface area contributed by atoms with Gasteiger partial charge in [0.15, 0.2) is 0 Å². The summed E-state index contributed by atoms with van der Waals surface area (Å²) in [6.07, 6.45) is 1.03. The number of nitrogens with zero attached hydrogens (tertiary/aromatic N) is 2. The minimum Gasteiger partial charge on any atom is -0.436 e. The van der Waals surface area contributed by atoms with Crippen molar-refractivity contribution in [3.63, 3.8) is 0 Å². The van der Waals surface area contributed by atoms with Crippen molar-refractivity contribution < 1.29 is 13.9 Å². The molecule has 0 bridgehead atoms. The molecular formula is C18H15FN2O2. The number of aromatic nitrogens is 2. The van der Waals surface area contributed by atoms with Gasteiger partial charge in [-0.25, -0.2) is 4.98 Å². The van der Waals surface area contributed by atoms with Crippen LogP contribution in [0, 0.1) is 19.7 Å². The first-order valence-electron chi connectivity index (χ1n) is 7.12. The molecule has 0 saturated carbocycles. The molecule has 0 amide bonds. The average Bonchev–Trinajstić information content (AvgIpc) is 2.51. The summed E-state index contributed by atoms with van der Waals surface area (Å²) < 4.78 is 24.9. The van der Waals surface area contributed by atoms with Gasteiger partial charge in [-0.1, -0.05) is 24.3 Å². The molecule has 1 aromatic heterocycles. The van der Waals surface area contributed by atoms with Crippen LogP contribution in [0.2, 0.25) is 0 Å². The van der Waals surface area contributed by atoms with Gasteiger partial charge in [0.05, 0.1) is 6.20 Å². The summed E-state index contributed by atoms with van der Waals surface area (Å²) >= 11 is 0. The first-order valence-corrected chi connectivity index (χ1v) is 7.12. The summed E-state index contributed by atoms with van der Waals surface area (Å²) in [6.45, 7) is 3.88. The van der Waals surface area contributed by atoms with E-state index in [2.05, 4.69) is 9.97 Å². The lowest BCUT2D eigenvalue weighted by Gasteiger charge is -2.08. The van der Waals surface area contributed by atoms with E-state index in [1.165, 1.54) is 0 Å². The van der Waals surface area contributed by atoms with Crippen LogP contribution in [0.15, 0.2) is 54.7 Å². The number of hydrogen-bond acceptors (Lipinski definition) is 4. The molecule has 0 N–H and O–H groups in total. The molecule has 3 aromatic rings. The van der Waals surface area contributed by atoms with Crippen LogP contribution in [0.4, 0.5) is 4.39 Å². The summed E-state index contributed by atoms with van der Waals surface area (Å²) in [5, 5.41) is 0. The Morgan fingerprint density at radius 2 is 1.48 bits per heavy atom. The molecule has 5 heteroatoms. The third-order valence-corrected chi connectivity index (χ3v) is 3.09. The van der Waals surface area contributed by atoms with Crippen molar-refractivity contribution >= 4 is 0 Å². The van der Waals surface area contributed by atoms with E-state index in [-0.39, 0.29) is 11.9 Å². The maximum Gasteiger partial charge on any atom is 0.325 e. The van der Waals surface area contributed by atoms with E-state index in [1.54, 1.807) is 18.2 Å². The monoisotopic (exact) mass is 310 g/mol. The van der Waals surface area contributed by atoms with Gasteiger partial charge in [-0.05, 0) is 49.2 Å². The minimum atomic E-state index is -0.650.